The van der Waals surface area contributed by atoms with Crippen molar-refractivity contribution in [3.05, 3.63) is 58.0 Å². The highest BCUT2D eigenvalue weighted by atomic mass is 32.2. The third-order valence-electron chi connectivity index (χ3n) is 6.13. The summed E-state index contributed by atoms with van der Waals surface area (Å²) in [4.78, 5) is 24.6. The first-order chi connectivity index (χ1) is 15.3. The van der Waals surface area contributed by atoms with Gasteiger partial charge in [0.25, 0.3) is 5.56 Å². The smallest absolute Gasteiger partial charge is 0.256 e. The van der Waals surface area contributed by atoms with E-state index in [9.17, 15) is 27.8 Å². The van der Waals surface area contributed by atoms with Crippen molar-refractivity contribution >= 4 is 16.7 Å². The molecule has 1 saturated carbocycles. The van der Waals surface area contributed by atoms with Crippen LogP contribution in [0.2, 0.25) is 0 Å². The van der Waals surface area contributed by atoms with E-state index >= 15 is 0 Å². The SMILES string of the molecule is CS(=O)c1cc(=O)n(-c2ccc(CC(C#N)NC(=O)C3NC4CCC3C4)c(F)c2)cc1F. The number of piperidine rings is 1. The quantitative estimate of drug-likeness (QED) is 0.681. The second-order valence-corrected chi connectivity index (χ2v) is 9.58. The normalized spacial score (nSPS) is 23.5. The van der Waals surface area contributed by atoms with Crippen LogP contribution in [0.25, 0.3) is 5.69 Å². The fraction of sp³-hybridized carbons (Fsp3) is 0.409. The molecule has 10 heteroatoms. The minimum Gasteiger partial charge on any atom is -0.339 e. The number of hydrogen-bond donors (Lipinski definition) is 2. The first kappa shape index (κ1) is 22.3. The summed E-state index contributed by atoms with van der Waals surface area (Å²) in [6.45, 7) is 0. The van der Waals surface area contributed by atoms with Gasteiger partial charge in [-0.25, -0.2) is 8.78 Å². The molecule has 1 aliphatic carbocycles. The fourth-order valence-corrected chi connectivity index (χ4v) is 5.12. The number of halogens is 2. The average Bonchev–Trinajstić information content (AvgIpc) is 3.39. The van der Waals surface area contributed by atoms with E-state index in [1.54, 1.807) is 0 Å². The van der Waals surface area contributed by atoms with Gasteiger partial charge in [-0.15, -0.1) is 0 Å². The summed E-state index contributed by atoms with van der Waals surface area (Å²) in [6, 6.07) is 5.91. The number of fused-ring (bicyclic) bond motifs is 2. The zero-order chi connectivity index (χ0) is 23.0. The van der Waals surface area contributed by atoms with Crippen LogP contribution >= 0.6 is 0 Å². The van der Waals surface area contributed by atoms with E-state index < -0.39 is 34.0 Å². The third-order valence-corrected chi connectivity index (χ3v) is 7.07. The van der Waals surface area contributed by atoms with Crippen molar-refractivity contribution in [3.8, 4) is 11.8 Å². The van der Waals surface area contributed by atoms with Gasteiger partial charge in [0, 0.05) is 31.0 Å². The Bertz CT molecular complexity index is 1190. The minimum atomic E-state index is -1.67. The number of hydrogen-bond acceptors (Lipinski definition) is 5. The van der Waals surface area contributed by atoms with E-state index in [2.05, 4.69) is 10.6 Å². The van der Waals surface area contributed by atoms with Crippen molar-refractivity contribution in [2.45, 2.75) is 48.7 Å². The molecule has 2 N–H and O–H groups in total. The van der Waals surface area contributed by atoms with E-state index in [1.807, 2.05) is 6.07 Å². The van der Waals surface area contributed by atoms with Gasteiger partial charge in [0.05, 0.1) is 33.5 Å². The van der Waals surface area contributed by atoms with Gasteiger partial charge in [-0.3, -0.25) is 18.4 Å². The molecule has 2 heterocycles. The maximum atomic E-state index is 14.7. The lowest BCUT2D eigenvalue weighted by Gasteiger charge is -2.23. The largest absolute Gasteiger partial charge is 0.339 e. The Morgan fingerprint density at radius 3 is 2.72 bits per heavy atom. The fourth-order valence-electron chi connectivity index (χ4n) is 4.53. The Balaban J connectivity index is 1.49. The Labute approximate surface area is 185 Å². The Morgan fingerprint density at radius 2 is 2.12 bits per heavy atom. The molecule has 32 heavy (non-hydrogen) atoms. The number of carbonyl (C=O) groups excluding carboxylic acids is 1. The second-order valence-electron chi connectivity index (χ2n) is 8.23. The summed E-state index contributed by atoms with van der Waals surface area (Å²) in [6.07, 6.45) is 5.08. The van der Waals surface area contributed by atoms with Gasteiger partial charge in [0.1, 0.15) is 11.9 Å². The number of aromatic nitrogens is 1. The molecule has 5 atom stereocenters. The Morgan fingerprint density at radius 1 is 1.34 bits per heavy atom. The number of carbonyl (C=O) groups is 1. The summed E-state index contributed by atoms with van der Waals surface area (Å²) in [7, 11) is -1.67. The van der Waals surface area contributed by atoms with Crippen molar-refractivity contribution in [3.63, 3.8) is 0 Å². The van der Waals surface area contributed by atoms with Gasteiger partial charge >= 0.3 is 0 Å². The summed E-state index contributed by atoms with van der Waals surface area (Å²) in [5.74, 6) is -1.51. The van der Waals surface area contributed by atoms with Gasteiger partial charge in [-0.2, -0.15) is 5.26 Å². The molecule has 1 aromatic heterocycles. The lowest BCUT2D eigenvalue weighted by Crippen LogP contribution is -2.50. The van der Waals surface area contributed by atoms with E-state index in [0.717, 1.165) is 42.2 Å². The van der Waals surface area contributed by atoms with Crippen LogP contribution in [0.4, 0.5) is 8.78 Å². The number of amides is 1. The molecule has 2 bridgehead atoms. The first-order valence-electron chi connectivity index (χ1n) is 10.3. The monoisotopic (exact) mass is 460 g/mol. The summed E-state index contributed by atoms with van der Waals surface area (Å²) in [5, 5.41) is 15.4. The van der Waals surface area contributed by atoms with Gasteiger partial charge in [-0.05, 0) is 42.9 Å². The summed E-state index contributed by atoms with van der Waals surface area (Å²) < 4.78 is 41.3. The third kappa shape index (κ3) is 4.36. The number of nitrogens with one attached hydrogen (secondary N) is 2. The van der Waals surface area contributed by atoms with E-state index in [-0.39, 0.29) is 40.4 Å². The summed E-state index contributed by atoms with van der Waals surface area (Å²) in [5.41, 5.74) is -0.377. The number of rotatable bonds is 6. The van der Waals surface area contributed by atoms with Crippen LogP contribution in [0.1, 0.15) is 24.8 Å². The molecule has 4 rings (SSSR count). The first-order valence-corrected chi connectivity index (χ1v) is 11.8. The molecule has 1 aromatic carbocycles. The van der Waals surface area contributed by atoms with Crippen LogP contribution in [-0.4, -0.2) is 39.1 Å². The Kier molecular flexibility index (Phi) is 6.22. The molecule has 168 valence electrons. The second kappa shape index (κ2) is 8.92. The van der Waals surface area contributed by atoms with E-state index in [1.165, 1.54) is 18.4 Å². The van der Waals surface area contributed by atoms with Crippen molar-refractivity contribution in [2.75, 3.05) is 6.26 Å². The van der Waals surface area contributed by atoms with Crippen LogP contribution in [0.15, 0.2) is 40.2 Å². The minimum absolute atomic E-state index is 0.0494. The molecular formula is C22H22F2N4O3S. The molecule has 0 radical (unpaired) electrons. The maximum Gasteiger partial charge on any atom is 0.256 e. The van der Waals surface area contributed by atoms with Gasteiger partial charge in [0.15, 0.2) is 5.82 Å². The predicted octanol–water partition coefficient (Wildman–Crippen LogP) is 1.54. The molecule has 5 unspecified atom stereocenters. The van der Waals surface area contributed by atoms with Crippen LogP contribution in [0.3, 0.4) is 0 Å². The highest BCUT2D eigenvalue weighted by molar-refractivity contribution is 7.84. The molecule has 2 fully saturated rings. The highest BCUT2D eigenvalue weighted by Gasteiger charge is 2.43. The number of nitriles is 1. The summed E-state index contributed by atoms with van der Waals surface area (Å²) >= 11 is 0. The van der Waals surface area contributed by atoms with Crippen molar-refractivity contribution in [1.82, 2.24) is 15.2 Å². The van der Waals surface area contributed by atoms with Crippen molar-refractivity contribution in [2.24, 2.45) is 5.92 Å². The van der Waals surface area contributed by atoms with Crippen LogP contribution < -0.4 is 16.2 Å². The molecule has 2 aromatic rings. The van der Waals surface area contributed by atoms with E-state index in [4.69, 9.17) is 0 Å². The van der Waals surface area contributed by atoms with Gasteiger partial charge in [-0.1, -0.05) is 6.07 Å². The lowest BCUT2D eigenvalue weighted by atomic mass is 9.98. The standard InChI is InChI=1S/C22H22F2N4O3S/c1-32(31)19-9-20(29)28(11-18(19)24)16-5-3-12(17(23)8-16)6-15(10-25)27-22(30)21-13-2-4-14(7-13)26-21/h3,5,8-9,11,13-15,21,26H,2,4,6-7H2,1H3,(H,27,30). The maximum absolute atomic E-state index is 14.7. The molecule has 7 nitrogen and oxygen atoms in total. The molecule has 1 saturated heterocycles. The zero-order valence-electron chi connectivity index (χ0n) is 17.3. The van der Waals surface area contributed by atoms with Crippen LogP contribution in [-0.2, 0) is 22.0 Å². The van der Waals surface area contributed by atoms with Gasteiger partial charge < -0.3 is 10.6 Å². The molecule has 0 spiro atoms. The van der Waals surface area contributed by atoms with Crippen LogP contribution in [0.5, 0.6) is 0 Å². The Hall–Kier alpha value is -2.90. The lowest BCUT2D eigenvalue weighted by molar-refractivity contribution is -0.124. The molecule has 1 aliphatic heterocycles. The molecule has 1 amide bonds. The van der Waals surface area contributed by atoms with Crippen LogP contribution in [0, 0.1) is 28.9 Å². The van der Waals surface area contributed by atoms with Crippen molar-refractivity contribution < 1.29 is 17.8 Å². The average molecular weight is 461 g/mol. The molecule has 2 aliphatic rings. The molecular weight excluding hydrogens is 438 g/mol. The number of pyridine rings is 1. The van der Waals surface area contributed by atoms with E-state index in [0.29, 0.717) is 6.04 Å². The topological polar surface area (TPSA) is 104 Å². The predicted molar refractivity (Wildman–Crippen MR) is 114 cm³/mol. The number of benzene rings is 1. The zero-order valence-corrected chi connectivity index (χ0v) is 18.1. The highest BCUT2D eigenvalue weighted by Crippen LogP contribution is 2.35. The number of nitrogens with zero attached hydrogens (tertiary/aromatic N) is 2. The van der Waals surface area contributed by atoms with Gasteiger partial charge in [0.2, 0.25) is 5.91 Å². The van der Waals surface area contributed by atoms with Crippen molar-refractivity contribution in [1.29, 1.82) is 5.26 Å².